The summed E-state index contributed by atoms with van der Waals surface area (Å²) in [5.41, 5.74) is 0.834. The van der Waals surface area contributed by atoms with E-state index in [0.717, 1.165) is 40.5 Å². The Morgan fingerprint density at radius 1 is 1.04 bits per heavy atom. The fourth-order valence-corrected chi connectivity index (χ4v) is 9.03. The van der Waals surface area contributed by atoms with Gasteiger partial charge in [0.25, 0.3) is 0 Å². The van der Waals surface area contributed by atoms with Crippen LogP contribution in [0, 0.1) is 46.3 Å². The highest BCUT2D eigenvalue weighted by atomic mass is 79.9. The third-order valence-corrected chi connectivity index (χ3v) is 10.1. The van der Waals surface area contributed by atoms with Gasteiger partial charge < -0.3 is 0 Å². The van der Waals surface area contributed by atoms with Crippen molar-refractivity contribution in [2.45, 2.75) is 71.6 Å². The first-order chi connectivity index (χ1) is 11.5. The maximum absolute atomic E-state index is 12.6. The molecule has 0 aromatic rings. The molecule has 0 amide bonds. The van der Waals surface area contributed by atoms with Gasteiger partial charge in [-0.2, -0.15) is 0 Å². The molecule has 0 heterocycles. The Hall–Kier alpha value is -0.110. The molecule has 0 aliphatic heterocycles. The van der Waals surface area contributed by atoms with Gasteiger partial charge in [0, 0.05) is 11.3 Å². The molecule has 0 saturated heterocycles. The molecule has 8 atom stereocenters. The van der Waals surface area contributed by atoms with Crippen LogP contribution in [0.15, 0.2) is 10.6 Å². The zero-order valence-corrected chi connectivity index (χ0v) is 16.8. The second-order valence-corrected chi connectivity index (χ2v) is 11.0. The Labute approximate surface area is 155 Å². The highest BCUT2D eigenvalue weighted by Crippen LogP contribution is 2.70. The second-order valence-electron chi connectivity index (χ2n) is 10.2. The number of Topliss-reactive ketones (excluding diaryl/α,β-unsaturated/α-hetero) is 1. The van der Waals surface area contributed by atoms with Gasteiger partial charge in [-0.05, 0) is 102 Å². The molecular formula is C22H31BrO. The third-order valence-electron chi connectivity index (χ3n) is 9.47. The maximum Gasteiger partial charge on any atom is 0.173 e. The van der Waals surface area contributed by atoms with Crippen LogP contribution in [0.4, 0.5) is 0 Å². The summed E-state index contributed by atoms with van der Waals surface area (Å²) in [4.78, 5) is 12.6. The highest BCUT2D eigenvalue weighted by Gasteiger charge is 2.63. The van der Waals surface area contributed by atoms with Crippen LogP contribution >= 0.6 is 15.9 Å². The van der Waals surface area contributed by atoms with Gasteiger partial charge in [0.15, 0.2) is 5.78 Å². The lowest BCUT2D eigenvalue weighted by Gasteiger charge is -2.60. The lowest BCUT2D eigenvalue weighted by atomic mass is 9.44. The number of carbonyl (C=O) groups is 1. The molecule has 132 valence electrons. The molecule has 0 radical (unpaired) electrons. The van der Waals surface area contributed by atoms with Crippen molar-refractivity contribution in [3.8, 4) is 0 Å². The van der Waals surface area contributed by atoms with Crippen molar-refractivity contribution < 1.29 is 4.79 Å². The van der Waals surface area contributed by atoms with E-state index in [1.54, 1.807) is 0 Å². The standard InChI is InChI=1S/C22H31BrO/c1-13-7-9-21(2)14(11-13)3-4-15-16(21)8-10-22-12-19(23)20(24)18(22)6-5-17(15)22/h12-18H,3-11H2,1-2H3/t13-,14+,15?,16?,17?,18?,21+,22-/m1/s1. The number of allylic oxidation sites excluding steroid dienone is 2. The molecule has 0 aromatic carbocycles. The molecule has 4 unspecified atom stereocenters. The van der Waals surface area contributed by atoms with E-state index >= 15 is 0 Å². The van der Waals surface area contributed by atoms with Crippen LogP contribution in [0.1, 0.15) is 71.6 Å². The number of rotatable bonds is 0. The summed E-state index contributed by atoms with van der Waals surface area (Å²) >= 11 is 3.59. The summed E-state index contributed by atoms with van der Waals surface area (Å²) in [6, 6.07) is 0. The van der Waals surface area contributed by atoms with Gasteiger partial charge in [-0.25, -0.2) is 0 Å². The fourth-order valence-electron chi connectivity index (χ4n) is 8.33. The topological polar surface area (TPSA) is 17.1 Å². The van der Waals surface area contributed by atoms with Gasteiger partial charge in [0.1, 0.15) is 0 Å². The monoisotopic (exact) mass is 390 g/mol. The number of ketones is 1. The fraction of sp³-hybridized carbons (Fsp3) is 0.864. The van der Waals surface area contributed by atoms with E-state index in [1.807, 2.05) is 0 Å². The molecule has 0 N–H and O–H groups in total. The molecule has 4 saturated carbocycles. The summed E-state index contributed by atoms with van der Waals surface area (Å²) in [7, 11) is 0. The van der Waals surface area contributed by atoms with E-state index < -0.39 is 0 Å². The summed E-state index contributed by atoms with van der Waals surface area (Å²) in [6.45, 7) is 5.12. The Morgan fingerprint density at radius 2 is 1.88 bits per heavy atom. The minimum atomic E-state index is 0.238. The molecule has 0 bridgehead atoms. The van der Waals surface area contributed by atoms with Crippen LogP contribution in [-0.4, -0.2) is 5.78 Å². The lowest BCUT2D eigenvalue weighted by Crippen LogP contribution is -2.53. The Balaban J connectivity index is 1.49. The van der Waals surface area contributed by atoms with Gasteiger partial charge in [-0.1, -0.05) is 26.3 Å². The van der Waals surface area contributed by atoms with Gasteiger partial charge in [-0.3, -0.25) is 4.79 Å². The first kappa shape index (κ1) is 16.1. The maximum atomic E-state index is 12.6. The second kappa shape index (κ2) is 5.21. The van der Waals surface area contributed by atoms with Crippen LogP contribution in [0.2, 0.25) is 0 Å². The number of hydrogen-bond donors (Lipinski definition) is 0. The number of fused-ring (bicyclic) bond motifs is 4. The minimum absolute atomic E-state index is 0.238. The van der Waals surface area contributed by atoms with E-state index in [-0.39, 0.29) is 5.41 Å². The highest BCUT2D eigenvalue weighted by molar-refractivity contribution is 9.12. The van der Waals surface area contributed by atoms with Crippen LogP contribution in [0.5, 0.6) is 0 Å². The van der Waals surface area contributed by atoms with Crippen LogP contribution in [0.3, 0.4) is 0 Å². The quantitative estimate of drug-likeness (QED) is 0.486. The minimum Gasteiger partial charge on any atom is -0.293 e. The van der Waals surface area contributed by atoms with Crippen molar-refractivity contribution in [1.82, 2.24) is 0 Å². The lowest BCUT2D eigenvalue weighted by molar-refractivity contribution is -0.126. The predicted octanol–water partition coefficient (Wildman–Crippen LogP) is 6.12. The number of carbonyl (C=O) groups excluding carboxylic acids is 1. The molecule has 1 nitrogen and oxygen atoms in total. The van der Waals surface area contributed by atoms with E-state index in [1.165, 1.54) is 51.4 Å². The smallest absolute Gasteiger partial charge is 0.173 e. The predicted molar refractivity (Wildman–Crippen MR) is 101 cm³/mol. The summed E-state index contributed by atoms with van der Waals surface area (Å²) in [6.07, 6.45) is 14.8. The zero-order chi connectivity index (χ0) is 16.7. The van der Waals surface area contributed by atoms with Gasteiger partial charge in [-0.15, -0.1) is 0 Å². The Bertz CT molecular complexity index is 609. The molecule has 0 aromatic heterocycles. The van der Waals surface area contributed by atoms with Crippen molar-refractivity contribution in [3.05, 3.63) is 10.6 Å². The molecule has 5 aliphatic rings. The van der Waals surface area contributed by atoms with E-state index in [0.29, 0.717) is 17.1 Å². The first-order valence-electron chi connectivity index (χ1n) is 10.4. The largest absolute Gasteiger partial charge is 0.293 e. The van der Waals surface area contributed by atoms with Crippen LogP contribution < -0.4 is 0 Å². The molecule has 24 heavy (non-hydrogen) atoms. The van der Waals surface area contributed by atoms with Crippen molar-refractivity contribution in [2.24, 2.45) is 46.3 Å². The van der Waals surface area contributed by atoms with Crippen LogP contribution in [-0.2, 0) is 4.79 Å². The van der Waals surface area contributed by atoms with E-state index in [4.69, 9.17) is 0 Å². The van der Waals surface area contributed by atoms with Gasteiger partial charge in [0.05, 0.1) is 4.48 Å². The summed E-state index contributed by atoms with van der Waals surface area (Å²) in [5.74, 6) is 5.26. The summed E-state index contributed by atoms with van der Waals surface area (Å²) < 4.78 is 0.905. The van der Waals surface area contributed by atoms with E-state index in [9.17, 15) is 4.79 Å². The number of hydrogen-bond acceptors (Lipinski definition) is 1. The molecule has 4 fully saturated rings. The number of halogens is 1. The summed E-state index contributed by atoms with van der Waals surface area (Å²) in [5, 5.41) is 0. The van der Waals surface area contributed by atoms with Crippen molar-refractivity contribution in [3.63, 3.8) is 0 Å². The first-order valence-corrected chi connectivity index (χ1v) is 11.2. The van der Waals surface area contributed by atoms with Crippen LogP contribution in [0.25, 0.3) is 0 Å². The molecule has 1 spiro atoms. The SMILES string of the molecule is C[C@@H]1CC[C@]2(C)C3CC[C@]45C=C(Br)C(=O)C4CCC5C3CC[C@H]2C1. The van der Waals surface area contributed by atoms with E-state index in [2.05, 4.69) is 35.9 Å². The van der Waals surface area contributed by atoms with Crippen molar-refractivity contribution in [2.75, 3.05) is 0 Å². The Kier molecular flexibility index (Phi) is 3.49. The van der Waals surface area contributed by atoms with Gasteiger partial charge >= 0.3 is 0 Å². The van der Waals surface area contributed by atoms with Crippen molar-refractivity contribution in [1.29, 1.82) is 0 Å². The van der Waals surface area contributed by atoms with Crippen molar-refractivity contribution >= 4 is 21.7 Å². The normalized spacial score (nSPS) is 56.1. The van der Waals surface area contributed by atoms with Gasteiger partial charge in [0.2, 0.25) is 0 Å². The average Bonchev–Trinajstić information content (AvgIpc) is 3.03. The molecule has 2 heteroatoms. The third kappa shape index (κ3) is 1.90. The zero-order valence-electron chi connectivity index (χ0n) is 15.2. The molecular weight excluding hydrogens is 360 g/mol. The Morgan fingerprint density at radius 3 is 2.71 bits per heavy atom. The average molecular weight is 391 g/mol. The molecule has 5 rings (SSSR count). The molecule has 5 aliphatic carbocycles.